The number of benzene rings is 1. The molecule has 4 heteroatoms. The Morgan fingerprint density at radius 1 is 1.45 bits per heavy atom. The first-order valence-corrected chi connectivity index (χ1v) is 8.04. The molecule has 106 valence electrons. The summed E-state index contributed by atoms with van der Waals surface area (Å²) >= 11 is 1.71. The lowest BCUT2D eigenvalue weighted by atomic mass is 10.0. The molecule has 1 atom stereocenters. The molecule has 3 nitrogen and oxygen atoms in total. The highest BCUT2D eigenvalue weighted by molar-refractivity contribution is 7.09. The Kier molecular flexibility index (Phi) is 4.03. The minimum Gasteiger partial charge on any atom is -0.493 e. The van der Waals surface area contributed by atoms with E-state index in [9.17, 15) is 0 Å². The highest BCUT2D eigenvalue weighted by atomic mass is 32.1. The predicted octanol–water partition coefficient (Wildman–Crippen LogP) is 3.63. The van der Waals surface area contributed by atoms with Crippen LogP contribution in [-0.4, -0.2) is 11.6 Å². The summed E-state index contributed by atoms with van der Waals surface area (Å²) in [4.78, 5) is 4.50. The number of aryl methyl sites for hydroxylation is 1. The molecule has 2 heterocycles. The number of hydrogen-bond acceptors (Lipinski definition) is 4. The van der Waals surface area contributed by atoms with Crippen LogP contribution in [-0.2, 0) is 13.0 Å². The molecule has 1 aliphatic rings. The summed E-state index contributed by atoms with van der Waals surface area (Å²) in [7, 11) is 0. The molecule has 0 radical (unpaired) electrons. The number of thiazole rings is 1. The second-order valence-electron chi connectivity index (χ2n) is 5.17. The van der Waals surface area contributed by atoms with Crippen molar-refractivity contribution in [1.82, 2.24) is 10.3 Å². The lowest BCUT2D eigenvalue weighted by Gasteiger charge is -2.17. The first kappa shape index (κ1) is 13.6. The zero-order valence-electron chi connectivity index (χ0n) is 12.0. The van der Waals surface area contributed by atoms with Gasteiger partial charge in [0, 0.05) is 24.4 Å². The molecule has 0 saturated heterocycles. The predicted molar refractivity (Wildman–Crippen MR) is 82.4 cm³/mol. The number of fused-ring (bicyclic) bond motifs is 1. The second kappa shape index (κ2) is 5.94. The van der Waals surface area contributed by atoms with E-state index < -0.39 is 0 Å². The number of nitrogens with one attached hydrogen (secondary N) is 1. The van der Waals surface area contributed by atoms with Crippen LogP contribution >= 0.6 is 11.3 Å². The van der Waals surface area contributed by atoms with Gasteiger partial charge in [-0.15, -0.1) is 11.3 Å². The third-order valence-corrected chi connectivity index (χ3v) is 4.54. The summed E-state index contributed by atoms with van der Waals surface area (Å²) in [5.41, 5.74) is 3.83. The van der Waals surface area contributed by atoms with E-state index in [-0.39, 0.29) is 0 Å². The first-order chi connectivity index (χ1) is 9.76. The maximum atomic E-state index is 5.57. The standard InChI is InChI=1S/C16H20N2OS/c1-3-15(17-9-14-10-20-11(2)18-14)12-4-5-16-13(8-12)6-7-19-16/h4-5,8,10,15,17H,3,6-7,9H2,1-2H3. The van der Waals surface area contributed by atoms with Crippen molar-refractivity contribution in [2.75, 3.05) is 6.61 Å². The highest BCUT2D eigenvalue weighted by Gasteiger charge is 2.16. The maximum absolute atomic E-state index is 5.57. The Morgan fingerprint density at radius 3 is 3.10 bits per heavy atom. The summed E-state index contributed by atoms with van der Waals surface area (Å²) in [6, 6.07) is 6.95. The van der Waals surface area contributed by atoms with Crippen molar-refractivity contribution < 1.29 is 4.74 Å². The molecule has 0 fully saturated rings. The monoisotopic (exact) mass is 288 g/mol. The van der Waals surface area contributed by atoms with Crippen molar-refractivity contribution in [2.24, 2.45) is 0 Å². The molecule has 1 aromatic carbocycles. The lowest BCUT2D eigenvalue weighted by molar-refractivity contribution is 0.356. The largest absolute Gasteiger partial charge is 0.493 e. The molecular weight excluding hydrogens is 268 g/mol. The maximum Gasteiger partial charge on any atom is 0.122 e. The van der Waals surface area contributed by atoms with Gasteiger partial charge in [-0.25, -0.2) is 4.98 Å². The van der Waals surface area contributed by atoms with Gasteiger partial charge >= 0.3 is 0 Å². The molecular formula is C16H20N2OS. The van der Waals surface area contributed by atoms with Gasteiger partial charge in [0.1, 0.15) is 5.75 Å². The van der Waals surface area contributed by atoms with Gasteiger partial charge < -0.3 is 10.1 Å². The summed E-state index contributed by atoms with van der Waals surface area (Å²) in [6.45, 7) is 5.91. The van der Waals surface area contributed by atoms with Gasteiger partial charge in [-0.05, 0) is 30.5 Å². The summed E-state index contributed by atoms with van der Waals surface area (Å²) in [6.07, 6.45) is 2.10. The molecule has 0 saturated carbocycles. The van der Waals surface area contributed by atoms with Crippen LogP contribution in [0, 0.1) is 6.92 Å². The normalized spacial score (nSPS) is 14.9. The molecule has 0 bridgehead atoms. The zero-order chi connectivity index (χ0) is 13.9. The van der Waals surface area contributed by atoms with Crippen molar-refractivity contribution in [3.8, 4) is 5.75 Å². The number of nitrogens with zero attached hydrogens (tertiary/aromatic N) is 1. The molecule has 3 rings (SSSR count). The second-order valence-corrected chi connectivity index (χ2v) is 6.23. The quantitative estimate of drug-likeness (QED) is 0.912. The summed E-state index contributed by atoms with van der Waals surface area (Å²) in [5.74, 6) is 1.05. The average molecular weight is 288 g/mol. The zero-order valence-corrected chi connectivity index (χ0v) is 12.8. The first-order valence-electron chi connectivity index (χ1n) is 7.16. The van der Waals surface area contributed by atoms with Crippen molar-refractivity contribution in [2.45, 2.75) is 39.3 Å². The fraction of sp³-hybridized carbons (Fsp3) is 0.438. The molecule has 1 unspecified atom stereocenters. The summed E-state index contributed by atoms with van der Waals surface area (Å²) < 4.78 is 5.57. The van der Waals surface area contributed by atoms with Gasteiger partial charge in [-0.2, -0.15) is 0 Å². The Hall–Kier alpha value is -1.39. The Bertz CT molecular complexity index is 594. The molecule has 1 aliphatic heterocycles. The van der Waals surface area contributed by atoms with Crippen LogP contribution in [0.4, 0.5) is 0 Å². The van der Waals surface area contributed by atoms with Crippen molar-refractivity contribution in [1.29, 1.82) is 0 Å². The molecule has 0 amide bonds. The fourth-order valence-corrected chi connectivity index (χ4v) is 3.25. The van der Waals surface area contributed by atoms with E-state index in [0.29, 0.717) is 6.04 Å². The number of hydrogen-bond donors (Lipinski definition) is 1. The van der Waals surface area contributed by atoms with Gasteiger partial charge in [0.15, 0.2) is 0 Å². The molecule has 0 aliphatic carbocycles. The van der Waals surface area contributed by atoms with Gasteiger partial charge in [-0.3, -0.25) is 0 Å². The van der Waals surface area contributed by atoms with E-state index in [0.717, 1.165) is 42.4 Å². The fourth-order valence-electron chi connectivity index (χ4n) is 2.64. The van der Waals surface area contributed by atoms with Gasteiger partial charge in [0.2, 0.25) is 0 Å². The van der Waals surface area contributed by atoms with Crippen molar-refractivity contribution in [3.05, 3.63) is 45.4 Å². The highest BCUT2D eigenvalue weighted by Crippen LogP contribution is 2.29. The van der Waals surface area contributed by atoms with E-state index in [1.807, 2.05) is 6.92 Å². The van der Waals surface area contributed by atoms with E-state index in [2.05, 4.69) is 40.8 Å². The topological polar surface area (TPSA) is 34.2 Å². The third-order valence-electron chi connectivity index (χ3n) is 3.72. The van der Waals surface area contributed by atoms with Crippen molar-refractivity contribution >= 4 is 11.3 Å². The van der Waals surface area contributed by atoms with Gasteiger partial charge in [0.05, 0.1) is 17.3 Å². The van der Waals surface area contributed by atoms with Gasteiger partial charge in [-0.1, -0.05) is 19.1 Å². The van der Waals surface area contributed by atoms with Crippen LogP contribution < -0.4 is 10.1 Å². The molecule has 1 N–H and O–H groups in total. The minimum atomic E-state index is 0.378. The SMILES string of the molecule is CCC(NCc1csc(C)n1)c1ccc2c(c1)CCO2. The van der Waals surface area contributed by atoms with Crippen LogP contribution in [0.3, 0.4) is 0 Å². The smallest absolute Gasteiger partial charge is 0.122 e. The van der Waals surface area contributed by atoms with Crippen LogP contribution in [0.1, 0.15) is 41.2 Å². The molecule has 20 heavy (non-hydrogen) atoms. The molecule has 0 spiro atoms. The third kappa shape index (κ3) is 2.86. The van der Waals surface area contributed by atoms with E-state index in [1.165, 1.54) is 11.1 Å². The molecule has 2 aromatic rings. The number of ether oxygens (including phenoxy) is 1. The van der Waals surface area contributed by atoms with E-state index in [4.69, 9.17) is 4.74 Å². The van der Waals surface area contributed by atoms with Crippen LogP contribution in [0.5, 0.6) is 5.75 Å². The lowest BCUT2D eigenvalue weighted by Crippen LogP contribution is -2.20. The van der Waals surface area contributed by atoms with E-state index >= 15 is 0 Å². The Morgan fingerprint density at radius 2 is 2.35 bits per heavy atom. The number of aromatic nitrogens is 1. The molecule has 1 aromatic heterocycles. The summed E-state index contributed by atoms with van der Waals surface area (Å²) in [5, 5.41) is 6.87. The van der Waals surface area contributed by atoms with Gasteiger partial charge in [0.25, 0.3) is 0 Å². The number of rotatable bonds is 5. The van der Waals surface area contributed by atoms with Crippen LogP contribution in [0.25, 0.3) is 0 Å². The van der Waals surface area contributed by atoms with E-state index in [1.54, 1.807) is 11.3 Å². The van der Waals surface area contributed by atoms with Crippen LogP contribution in [0.2, 0.25) is 0 Å². The average Bonchev–Trinajstić information content (AvgIpc) is 3.07. The minimum absolute atomic E-state index is 0.378. The van der Waals surface area contributed by atoms with Crippen LogP contribution in [0.15, 0.2) is 23.6 Å². The van der Waals surface area contributed by atoms with Crippen molar-refractivity contribution in [3.63, 3.8) is 0 Å². The Labute approximate surface area is 124 Å². The Balaban J connectivity index is 1.69.